The predicted octanol–water partition coefficient (Wildman–Crippen LogP) is 7.16. The Morgan fingerprint density at radius 1 is 0.971 bits per heavy atom. The Kier molecular flexibility index (Phi) is 8.76. The van der Waals surface area contributed by atoms with Crippen LogP contribution in [-0.4, -0.2) is 17.0 Å². The zero-order valence-corrected chi connectivity index (χ0v) is 20.5. The molecule has 0 bridgehead atoms. The molecule has 182 valence electrons. The Morgan fingerprint density at radius 3 is 2.26 bits per heavy atom. The van der Waals surface area contributed by atoms with Gasteiger partial charge in [0, 0.05) is 11.4 Å². The number of para-hydroxylation sites is 1. The smallest absolute Gasteiger partial charge is 0.331 e. The summed E-state index contributed by atoms with van der Waals surface area (Å²) in [6, 6.07) is 20.7. The maximum Gasteiger partial charge on any atom is 0.416 e. The van der Waals surface area contributed by atoms with Crippen molar-refractivity contribution in [1.82, 2.24) is 5.43 Å². The van der Waals surface area contributed by atoms with Crippen molar-refractivity contribution in [3.8, 4) is 0 Å². The molecule has 8 heteroatoms. The zero-order valence-electron chi connectivity index (χ0n) is 19.7. The van der Waals surface area contributed by atoms with E-state index in [1.807, 2.05) is 42.5 Å². The second kappa shape index (κ2) is 11.8. The number of hydrogen-bond acceptors (Lipinski definition) is 3. The van der Waals surface area contributed by atoms with Crippen LogP contribution in [0.25, 0.3) is 0 Å². The number of nitrogens with one attached hydrogen (secondary N) is 2. The molecule has 0 radical (unpaired) electrons. The van der Waals surface area contributed by atoms with Gasteiger partial charge in [0.1, 0.15) is 0 Å². The first-order valence-corrected chi connectivity index (χ1v) is 11.5. The minimum atomic E-state index is -4.34. The largest absolute Gasteiger partial charge is 0.416 e. The molecule has 0 atom stereocenters. The number of nitrogens with zero attached hydrogens (tertiary/aromatic N) is 2. The minimum absolute atomic E-state index is 0.367. The lowest BCUT2D eigenvalue weighted by molar-refractivity contribution is -0.137. The van der Waals surface area contributed by atoms with Gasteiger partial charge in [0.05, 0.1) is 18.3 Å². The molecule has 0 fully saturated rings. The van der Waals surface area contributed by atoms with Crippen molar-refractivity contribution in [2.24, 2.45) is 10.1 Å². The Hall–Kier alpha value is -3.52. The quantitative estimate of drug-likeness (QED) is 0.207. The molecule has 3 aromatic rings. The molecule has 0 aliphatic heterocycles. The van der Waals surface area contributed by atoms with E-state index in [1.165, 1.54) is 17.7 Å². The molecule has 0 saturated heterocycles. The number of anilines is 1. The number of thiocarbonyl (C=S) groups is 1. The van der Waals surface area contributed by atoms with Crippen LogP contribution in [0.5, 0.6) is 0 Å². The average molecular weight is 497 g/mol. The Labute approximate surface area is 209 Å². The number of halogens is 3. The minimum Gasteiger partial charge on any atom is -0.331 e. The number of hydrazone groups is 1. The maximum absolute atomic E-state index is 12.7. The Bertz CT molecular complexity index is 1200. The van der Waals surface area contributed by atoms with Crippen LogP contribution in [0.15, 0.2) is 82.9 Å². The Balaban J connectivity index is 1.53. The van der Waals surface area contributed by atoms with E-state index in [9.17, 15) is 13.2 Å². The van der Waals surface area contributed by atoms with Gasteiger partial charge in [-0.25, -0.2) is 0 Å². The first kappa shape index (κ1) is 26.1. The van der Waals surface area contributed by atoms with E-state index < -0.39 is 11.7 Å². The SMILES string of the molecule is CC(=NCc1ccc(/C=N/NC(=S)Nc2ccccc2C(C)C)cc1)c1ccc(C(F)(F)F)cc1. The lowest BCUT2D eigenvalue weighted by Crippen LogP contribution is -2.24. The van der Waals surface area contributed by atoms with Crippen LogP contribution >= 0.6 is 12.2 Å². The van der Waals surface area contributed by atoms with Crippen LogP contribution in [0.1, 0.15) is 54.5 Å². The number of benzene rings is 3. The molecule has 0 heterocycles. The van der Waals surface area contributed by atoms with Crippen LogP contribution in [0, 0.1) is 0 Å². The van der Waals surface area contributed by atoms with E-state index in [0.717, 1.165) is 28.9 Å². The van der Waals surface area contributed by atoms with Gasteiger partial charge in [-0.3, -0.25) is 10.4 Å². The molecular formula is C27H27F3N4S. The van der Waals surface area contributed by atoms with Gasteiger partial charge >= 0.3 is 6.18 Å². The van der Waals surface area contributed by atoms with Crippen LogP contribution in [0.2, 0.25) is 0 Å². The van der Waals surface area contributed by atoms with Crippen molar-refractivity contribution < 1.29 is 13.2 Å². The van der Waals surface area contributed by atoms with Gasteiger partial charge in [-0.2, -0.15) is 18.3 Å². The molecule has 0 aliphatic rings. The van der Waals surface area contributed by atoms with Crippen LogP contribution in [-0.2, 0) is 12.7 Å². The van der Waals surface area contributed by atoms with Crippen molar-refractivity contribution in [2.75, 3.05) is 5.32 Å². The number of hydrogen-bond donors (Lipinski definition) is 2. The lowest BCUT2D eigenvalue weighted by Gasteiger charge is -2.14. The lowest BCUT2D eigenvalue weighted by atomic mass is 10.0. The first-order valence-electron chi connectivity index (χ1n) is 11.1. The van der Waals surface area contributed by atoms with Gasteiger partial charge in [-0.05, 0) is 65.5 Å². The summed E-state index contributed by atoms with van der Waals surface area (Å²) >= 11 is 5.34. The summed E-state index contributed by atoms with van der Waals surface area (Å²) in [5.74, 6) is 0.367. The van der Waals surface area contributed by atoms with Gasteiger partial charge in [0.2, 0.25) is 0 Å². The van der Waals surface area contributed by atoms with E-state index in [1.54, 1.807) is 13.1 Å². The zero-order chi connectivity index (χ0) is 25.4. The molecule has 3 rings (SSSR count). The van der Waals surface area contributed by atoms with E-state index in [-0.39, 0.29) is 0 Å². The fraction of sp³-hybridized carbons (Fsp3) is 0.222. The summed E-state index contributed by atoms with van der Waals surface area (Å²) in [6.07, 6.45) is -2.67. The highest BCUT2D eigenvalue weighted by Gasteiger charge is 2.29. The van der Waals surface area contributed by atoms with Gasteiger partial charge in [-0.1, -0.05) is 68.4 Å². The molecule has 0 spiro atoms. The van der Waals surface area contributed by atoms with E-state index in [0.29, 0.717) is 28.9 Å². The fourth-order valence-corrected chi connectivity index (χ4v) is 3.50. The van der Waals surface area contributed by atoms with Gasteiger partial charge in [0.15, 0.2) is 5.11 Å². The van der Waals surface area contributed by atoms with Gasteiger partial charge in [0.25, 0.3) is 0 Å². The standard InChI is InChI=1S/C27H27F3N4S/c1-18(2)24-6-4-5-7-25(24)33-26(35)34-32-17-21-10-8-20(9-11-21)16-31-19(3)22-12-14-23(15-13-22)27(28,29)30/h4-15,17-18H,16H2,1-3H3,(H2,33,34,35)/b31-19?,32-17+. The van der Waals surface area contributed by atoms with E-state index >= 15 is 0 Å². The summed E-state index contributed by atoms with van der Waals surface area (Å²) in [6.45, 7) is 6.46. The van der Waals surface area contributed by atoms with Crippen molar-refractivity contribution in [2.45, 2.75) is 39.4 Å². The molecule has 0 unspecified atom stereocenters. The van der Waals surface area contributed by atoms with Crippen molar-refractivity contribution in [1.29, 1.82) is 0 Å². The molecule has 0 saturated carbocycles. The van der Waals surface area contributed by atoms with Gasteiger partial charge in [-0.15, -0.1) is 0 Å². The topological polar surface area (TPSA) is 48.8 Å². The van der Waals surface area contributed by atoms with E-state index in [4.69, 9.17) is 12.2 Å². The van der Waals surface area contributed by atoms with Crippen molar-refractivity contribution >= 4 is 34.9 Å². The second-order valence-corrected chi connectivity index (χ2v) is 8.69. The monoisotopic (exact) mass is 496 g/mol. The highest BCUT2D eigenvalue weighted by atomic mass is 32.1. The third kappa shape index (κ3) is 7.75. The fourth-order valence-electron chi connectivity index (χ4n) is 3.34. The molecule has 2 N–H and O–H groups in total. The molecule has 3 aromatic carbocycles. The second-order valence-electron chi connectivity index (χ2n) is 8.28. The third-order valence-corrected chi connectivity index (χ3v) is 5.51. The van der Waals surface area contributed by atoms with Crippen LogP contribution in [0.3, 0.4) is 0 Å². The summed E-state index contributed by atoms with van der Waals surface area (Å²) < 4.78 is 38.1. The highest BCUT2D eigenvalue weighted by molar-refractivity contribution is 7.80. The third-order valence-electron chi connectivity index (χ3n) is 5.32. The van der Waals surface area contributed by atoms with Gasteiger partial charge < -0.3 is 5.32 Å². The Morgan fingerprint density at radius 2 is 1.63 bits per heavy atom. The first-order chi connectivity index (χ1) is 16.6. The highest BCUT2D eigenvalue weighted by Crippen LogP contribution is 2.29. The number of alkyl halides is 3. The predicted molar refractivity (Wildman–Crippen MR) is 141 cm³/mol. The van der Waals surface area contributed by atoms with E-state index in [2.05, 4.69) is 40.8 Å². The average Bonchev–Trinajstić information content (AvgIpc) is 2.83. The van der Waals surface area contributed by atoms with Crippen molar-refractivity contribution in [3.05, 3.63) is 101 Å². The van der Waals surface area contributed by atoms with Crippen LogP contribution in [0.4, 0.5) is 18.9 Å². The molecule has 0 aromatic heterocycles. The number of rotatable bonds is 7. The maximum atomic E-state index is 12.7. The van der Waals surface area contributed by atoms with Crippen LogP contribution < -0.4 is 10.7 Å². The summed E-state index contributed by atoms with van der Waals surface area (Å²) in [7, 11) is 0. The molecular weight excluding hydrogens is 469 g/mol. The molecule has 4 nitrogen and oxygen atoms in total. The molecule has 0 amide bonds. The molecule has 35 heavy (non-hydrogen) atoms. The number of aliphatic imine (C=N–C) groups is 1. The summed E-state index contributed by atoms with van der Waals surface area (Å²) in [4.78, 5) is 4.49. The molecule has 0 aliphatic carbocycles. The summed E-state index contributed by atoms with van der Waals surface area (Å²) in [5, 5.41) is 7.77. The normalized spacial score (nSPS) is 12.3. The van der Waals surface area contributed by atoms with Crippen molar-refractivity contribution in [3.63, 3.8) is 0 Å². The summed E-state index contributed by atoms with van der Waals surface area (Å²) in [5.41, 5.74) is 7.48.